The van der Waals surface area contributed by atoms with Crippen LogP contribution < -0.4 is 5.32 Å². The summed E-state index contributed by atoms with van der Waals surface area (Å²) in [4.78, 5) is 13.7. The fraction of sp³-hybridized carbons (Fsp3) is 0.353. The van der Waals surface area contributed by atoms with Crippen molar-refractivity contribution in [2.75, 3.05) is 13.6 Å². The Morgan fingerprint density at radius 3 is 2.68 bits per heavy atom. The highest BCUT2D eigenvalue weighted by Crippen LogP contribution is 2.26. The van der Waals surface area contributed by atoms with Crippen LogP contribution in [0.4, 0.5) is 8.78 Å². The third-order valence-electron chi connectivity index (χ3n) is 4.02. The predicted molar refractivity (Wildman–Crippen MR) is 81.8 cm³/mol. The maximum absolute atomic E-state index is 13.2. The van der Waals surface area contributed by atoms with Gasteiger partial charge in [-0.05, 0) is 22.4 Å². The lowest BCUT2D eigenvalue weighted by atomic mass is 10.1. The topological polar surface area (TPSA) is 32.3 Å². The number of likely N-dealkylation sites (N-methyl/N-ethyl adjacent to an activating group) is 1. The van der Waals surface area contributed by atoms with E-state index in [0.717, 1.165) is 16.3 Å². The fourth-order valence-electron chi connectivity index (χ4n) is 2.85. The average molecular weight is 304 g/mol. The molecule has 22 heavy (non-hydrogen) atoms. The number of fused-ring (bicyclic) bond motifs is 1. The molecule has 3 rings (SSSR count). The van der Waals surface area contributed by atoms with Crippen molar-refractivity contribution >= 4 is 16.7 Å². The van der Waals surface area contributed by atoms with Crippen LogP contribution in [0.2, 0.25) is 0 Å². The normalized spacial score (nSPS) is 20.2. The largest absolute Gasteiger partial charge is 0.340 e. The molecule has 1 aliphatic heterocycles. The Labute approximate surface area is 127 Å². The van der Waals surface area contributed by atoms with E-state index in [4.69, 9.17) is 0 Å². The second-order valence-corrected chi connectivity index (χ2v) is 5.87. The maximum atomic E-state index is 13.2. The highest BCUT2D eigenvalue weighted by molar-refractivity contribution is 5.84. The molecule has 1 heterocycles. The molecular weight excluding hydrogens is 286 g/mol. The van der Waals surface area contributed by atoms with Gasteiger partial charge in [0.25, 0.3) is 5.92 Å². The fourth-order valence-corrected chi connectivity index (χ4v) is 2.85. The third-order valence-corrected chi connectivity index (χ3v) is 4.02. The van der Waals surface area contributed by atoms with Gasteiger partial charge in [-0.25, -0.2) is 8.78 Å². The molecule has 5 heteroatoms. The number of nitrogens with one attached hydrogen (secondary N) is 1. The summed E-state index contributed by atoms with van der Waals surface area (Å²) in [5, 5.41) is 4.84. The number of alkyl halides is 2. The van der Waals surface area contributed by atoms with Gasteiger partial charge in [-0.1, -0.05) is 36.4 Å². The van der Waals surface area contributed by atoms with Crippen LogP contribution >= 0.6 is 0 Å². The molecule has 2 aromatic rings. The van der Waals surface area contributed by atoms with Gasteiger partial charge in [0.15, 0.2) is 0 Å². The van der Waals surface area contributed by atoms with Crippen LogP contribution in [-0.4, -0.2) is 36.4 Å². The zero-order chi connectivity index (χ0) is 15.7. The first-order valence-electron chi connectivity index (χ1n) is 7.28. The van der Waals surface area contributed by atoms with Gasteiger partial charge in [-0.2, -0.15) is 0 Å². The highest BCUT2D eigenvalue weighted by Gasteiger charge is 2.43. The zero-order valence-corrected chi connectivity index (χ0v) is 12.4. The van der Waals surface area contributed by atoms with Gasteiger partial charge in [-0.3, -0.25) is 10.1 Å². The van der Waals surface area contributed by atoms with Crippen LogP contribution in [0, 0.1) is 0 Å². The van der Waals surface area contributed by atoms with Crippen molar-refractivity contribution in [1.29, 1.82) is 0 Å². The molecule has 2 aromatic carbocycles. The van der Waals surface area contributed by atoms with Gasteiger partial charge >= 0.3 is 0 Å². The molecule has 0 saturated carbocycles. The van der Waals surface area contributed by atoms with Crippen molar-refractivity contribution in [3.8, 4) is 0 Å². The molecule has 0 bridgehead atoms. The Morgan fingerprint density at radius 1 is 1.27 bits per heavy atom. The van der Waals surface area contributed by atoms with Crippen LogP contribution in [0.1, 0.15) is 12.0 Å². The van der Waals surface area contributed by atoms with Crippen LogP contribution in [0.25, 0.3) is 10.8 Å². The molecule has 1 amide bonds. The van der Waals surface area contributed by atoms with E-state index in [1.165, 1.54) is 4.90 Å². The number of carbonyl (C=O) groups excluding carboxylic acids is 1. The molecule has 0 aromatic heterocycles. The van der Waals surface area contributed by atoms with E-state index in [-0.39, 0.29) is 5.91 Å². The minimum Gasteiger partial charge on any atom is -0.340 e. The predicted octanol–water partition coefficient (Wildman–Crippen LogP) is 2.80. The Kier molecular flexibility index (Phi) is 3.83. The minimum atomic E-state index is -2.79. The van der Waals surface area contributed by atoms with Gasteiger partial charge in [0.1, 0.15) is 0 Å². The highest BCUT2D eigenvalue weighted by atomic mass is 19.3. The quantitative estimate of drug-likeness (QED) is 0.945. The first-order chi connectivity index (χ1) is 10.4. The number of nitrogens with zero attached hydrogens (tertiary/aromatic N) is 1. The third kappa shape index (κ3) is 3.09. The maximum Gasteiger partial charge on any atom is 0.262 e. The van der Waals surface area contributed by atoms with E-state index < -0.39 is 24.9 Å². The SMILES string of the molecule is CN(Cc1ccc2ccccc2c1)C(=O)C1CC(F)(F)CN1. The summed E-state index contributed by atoms with van der Waals surface area (Å²) in [7, 11) is 1.65. The molecule has 1 fully saturated rings. The van der Waals surface area contributed by atoms with E-state index in [1.54, 1.807) is 7.05 Å². The summed E-state index contributed by atoms with van der Waals surface area (Å²) in [6.45, 7) is -0.0133. The number of carbonyl (C=O) groups is 1. The number of hydrogen-bond donors (Lipinski definition) is 1. The van der Waals surface area contributed by atoms with Gasteiger partial charge < -0.3 is 4.90 Å². The van der Waals surface area contributed by atoms with E-state index >= 15 is 0 Å². The van der Waals surface area contributed by atoms with Crippen molar-refractivity contribution < 1.29 is 13.6 Å². The van der Waals surface area contributed by atoms with Crippen molar-refractivity contribution in [3.05, 3.63) is 48.0 Å². The van der Waals surface area contributed by atoms with E-state index in [2.05, 4.69) is 5.32 Å². The molecule has 0 aliphatic carbocycles. The Morgan fingerprint density at radius 2 is 2.00 bits per heavy atom. The minimum absolute atomic E-state index is 0.287. The summed E-state index contributed by atoms with van der Waals surface area (Å²) in [5.41, 5.74) is 0.985. The number of benzene rings is 2. The molecule has 0 radical (unpaired) electrons. The smallest absolute Gasteiger partial charge is 0.262 e. The first-order valence-corrected chi connectivity index (χ1v) is 7.28. The van der Waals surface area contributed by atoms with Crippen molar-refractivity contribution in [1.82, 2.24) is 10.2 Å². The number of amides is 1. The summed E-state index contributed by atoms with van der Waals surface area (Å²) in [5.74, 6) is -3.07. The molecule has 1 unspecified atom stereocenters. The standard InChI is InChI=1S/C17H18F2N2O/c1-21(16(22)15-9-17(18,19)11-20-15)10-12-6-7-13-4-2-3-5-14(13)8-12/h2-8,15,20H,9-11H2,1H3. The monoisotopic (exact) mass is 304 g/mol. The van der Waals surface area contributed by atoms with E-state index in [0.29, 0.717) is 6.54 Å². The molecule has 1 aliphatic rings. The number of hydrogen-bond acceptors (Lipinski definition) is 2. The lowest BCUT2D eigenvalue weighted by Gasteiger charge is -2.21. The Balaban J connectivity index is 1.70. The number of rotatable bonds is 3. The second kappa shape index (κ2) is 5.65. The molecule has 1 N–H and O–H groups in total. The van der Waals surface area contributed by atoms with Crippen molar-refractivity contribution in [2.24, 2.45) is 0 Å². The van der Waals surface area contributed by atoms with Gasteiger partial charge in [0.05, 0.1) is 12.6 Å². The van der Waals surface area contributed by atoms with Crippen LogP contribution in [0.3, 0.4) is 0 Å². The molecular formula is C17H18F2N2O. The summed E-state index contributed by atoms with van der Waals surface area (Å²) < 4.78 is 26.4. The lowest BCUT2D eigenvalue weighted by Crippen LogP contribution is -2.41. The Bertz CT molecular complexity index is 702. The van der Waals surface area contributed by atoms with Crippen LogP contribution in [0.15, 0.2) is 42.5 Å². The molecule has 0 spiro atoms. The van der Waals surface area contributed by atoms with Crippen molar-refractivity contribution in [3.63, 3.8) is 0 Å². The lowest BCUT2D eigenvalue weighted by molar-refractivity contribution is -0.132. The van der Waals surface area contributed by atoms with Gasteiger partial charge in [0, 0.05) is 20.0 Å². The van der Waals surface area contributed by atoms with Crippen LogP contribution in [-0.2, 0) is 11.3 Å². The summed E-state index contributed by atoms with van der Waals surface area (Å²) in [6.07, 6.45) is -0.423. The Hall–Kier alpha value is -2.01. The molecule has 1 atom stereocenters. The first kappa shape index (κ1) is 14.9. The van der Waals surface area contributed by atoms with E-state index in [1.807, 2.05) is 42.5 Å². The molecule has 1 saturated heterocycles. The average Bonchev–Trinajstić information content (AvgIpc) is 2.86. The van der Waals surface area contributed by atoms with E-state index in [9.17, 15) is 13.6 Å². The van der Waals surface area contributed by atoms with Crippen LogP contribution in [0.5, 0.6) is 0 Å². The number of halogens is 2. The second-order valence-electron chi connectivity index (χ2n) is 5.87. The van der Waals surface area contributed by atoms with Crippen molar-refractivity contribution in [2.45, 2.75) is 24.9 Å². The van der Waals surface area contributed by atoms with Gasteiger partial charge in [0.2, 0.25) is 5.91 Å². The molecule has 116 valence electrons. The zero-order valence-electron chi connectivity index (χ0n) is 12.4. The van der Waals surface area contributed by atoms with Gasteiger partial charge in [-0.15, -0.1) is 0 Å². The summed E-state index contributed by atoms with van der Waals surface area (Å²) >= 11 is 0. The summed E-state index contributed by atoms with van der Waals surface area (Å²) in [6, 6.07) is 13.2. The molecule has 3 nitrogen and oxygen atoms in total.